The predicted molar refractivity (Wildman–Crippen MR) is 135 cm³/mol. The zero-order chi connectivity index (χ0) is 24.4. The molecule has 2 fully saturated rings. The van der Waals surface area contributed by atoms with Gasteiger partial charge in [-0.05, 0) is 62.5 Å². The standard InChI is InChI=1S/C25H26ClN7O2/c1-2-19(34)11-15-3-5-17(6-4-15)30-23-13-20(29-16-7-8-16)24-28-14-21(33(24)32-23)25(35)31-18-9-10-27-22(26)12-18/h1,9-10,12-17,29H,3-8,11H2,(H,30,32)(H,27,31,35). The van der Waals surface area contributed by atoms with Crippen LogP contribution in [0.4, 0.5) is 17.2 Å². The number of carbonyl (C=O) groups is 2. The quantitative estimate of drug-likeness (QED) is 0.246. The van der Waals surface area contributed by atoms with Crippen LogP contribution in [0.25, 0.3) is 5.65 Å². The van der Waals surface area contributed by atoms with Crippen LogP contribution in [0.2, 0.25) is 5.15 Å². The molecule has 2 aliphatic rings. The molecule has 0 aliphatic heterocycles. The van der Waals surface area contributed by atoms with E-state index in [0.717, 1.165) is 44.2 Å². The minimum absolute atomic E-state index is 0.121. The number of nitrogens with one attached hydrogen (secondary N) is 3. The van der Waals surface area contributed by atoms with Gasteiger partial charge in [-0.15, -0.1) is 11.5 Å². The maximum absolute atomic E-state index is 13.0. The number of rotatable bonds is 8. The molecular weight excluding hydrogens is 466 g/mol. The summed E-state index contributed by atoms with van der Waals surface area (Å²) >= 11 is 5.94. The first kappa shape index (κ1) is 23.1. The van der Waals surface area contributed by atoms with Crippen molar-refractivity contribution < 1.29 is 9.59 Å². The van der Waals surface area contributed by atoms with Gasteiger partial charge in [-0.2, -0.15) is 0 Å². The van der Waals surface area contributed by atoms with Gasteiger partial charge in [0.15, 0.2) is 11.3 Å². The summed E-state index contributed by atoms with van der Waals surface area (Å²) in [5, 5.41) is 14.9. The summed E-state index contributed by atoms with van der Waals surface area (Å²) in [6, 6.07) is 5.84. The van der Waals surface area contributed by atoms with Gasteiger partial charge in [-0.3, -0.25) is 9.59 Å². The number of Topliss-reactive ketones (excluding diaryl/α,β-unsaturated/α-hetero) is 1. The largest absolute Gasteiger partial charge is 0.379 e. The van der Waals surface area contributed by atoms with Crippen LogP contribution in [-0.2, 0) is 4.79 Å². The van der Waals surface area contributed by atoms with E-state index in [0.29, 0.717) is 46.4 Å². The summed E-state index contributed by atoms with van der Waals surface area (Å²) in [6.07, 6.45) is 14.7. The number of imidazole rings is 1. The Bertz CT molecular complexity index is 1300. The van der Waals surface area contributed by atoms with Gasteiger partial charge in [0.1, 0.15) is 11.0 Å². The van der Waals surface area contributed by atoms with Gasteiger partial charge in [-0.1, -0.05) is 11.6 Å². The topological polar surface area (TPSA) is 113 Å². The van der Waals surface area contributed by atoms with Crippen LogP contribution in [0.15, 0.2) is 30.6 Å². The molecule has 3 N–H and O–H groups in total. The summed E-state index contributed by atoms with van der Waals surface area (Å²) in [4.78, 5) is 33.0. The molecule has 1 amide bonds. The number of nitrogens with zero attached hydrogens (tertiary/aromatic N) is 4. The maximum Gasteiger partial charge on any atom is 0.276 e. The van der Waals surface area contributed by atoms with Gasteiger partial charge in [-0.25, -0.2) is 14.5 Å². The van der Waals surface area contributed by atoms with Gasteiger partial charge in [0.25, 0.3) is 5.91 Å². The van der Waals surface area contributed by atoms with Crippen LogP contribution >= 0.6 is 11.6 Å². The predicted octanol–water partition coefficient (Wildman–Crippen LogP) is 4.17. The Morgan fingerprint density at radius 1 is 1.09 bits per heavy atom. The fourth-order valence-electron chi connectivity index (χ4n) is 4.46. The van der Waals surface area contributed by atoms with E-state index in [4.69, 9.17) is 23.1 Å². The lowest BCUT2D eigenvalue weighted by Crippen LogP contribution is -2.28. The second-order valence-corrected chi connectivity index (χ2v) is 9.58. The van der Waals surface area contributed by atoms with Crippen molar-refractivity contribution in [3.63, 3.8) is 0 Å². The minimum atomic E-state index is -0.347. The number of fused-ring (bicyclic) bond motifs is 1. The van der Waals surface area contributed by atoms with E-state index in [-0.39, 0.29) is 17.7 Å². The van der Waals surface area contributed by atoms with E-state index in [1.165, 1.54) is 12.4 Å². The second kappa shape index (κ2) is 9.92. The molecule has 180 valence electrons. The number of ketones is 1. The monoisotopic (exact) mass is 491 g/mol. The van der Waals surface area contributed by atoms with E-state index >= 15 is 0 Å². The Labute approximate surface area is 208 Å². The van der Waals surface area contributed by atoms with Crippen molar-refractivity contribution in [2.45, 2.75) is 57.0 Å². The Morgan fingerprint density at radius 3 is 2.54 bits per heavy atom. The summed E-state index contributed by atoms with van der Waals surface area (Å²) in [6.45, 7) is 0. The third-order valence-corrected chi connectivity index (χ3v) is 6.66. The molecule has 0 atom stereocenters. The van der Waals surface area contributed by atoms with E-state index in [1.54, 1.807) is 16.6 Å². The van der Waals surface area contributed by atoms with Gasteiger partial charge in [0.05, 0.1) is 11.9 Å². The van der Waals surface area contributed by atoms with Gasteiger partial charge in [0.2, 0.25) is 5.78 Å². The average Bonchev–Trinajstić information content (AvgIpc) is 3.55. The SMILES string of the molecule is C#CC(=O)CC1CCC(Nc2cc(NC3CC3)c3ncc(C(=O)Nc4ccnc(Cl)c4)n3n2)CC1. The Morgan fingerprint density at radius 2 is 1.83 bits per heavy atom. The van der Waals surface area contributed by atoms with Gasteiger partial charge in [0, 0.05) is 36.5 Å². The normalized spacial score (nSPS) is 19.7. The first-order valence-corrected chi connectivity index (χ1v) is 12.2. The second-order valence-electron chi connectivity index (χ2n) is 9.20. The molecule has 2 saturated carbocycles. The lowest BCUT2D eigenvalue weighted by molar-refractivity contribution is -0.114. The summed E-state index contributed by atoms with van der Waals surface area (Å²) in [7, 11) is 0. The lowest BCUT2D eigenvalue weighted by atomic mass is 9.83. The highest BCUT2D eigenvalue weighted by molar-refractivity contribution is 6.29. The number of carbonyl (C=O) groups excluding carboxylic acids is 2. The van der Waals surface area contributed by atoms with E-state index in [1.807, 2.05) is 6.07 Å². The molecule has 0 aromatic carbocycles. The van der Waals surface area contributed by atoms with Crippen molar-refractivity contribution in [1.82, 2.24) is 19.6 Å². The summed E-state index contributed by atoms with van der Waals surface area (Å²) in [5.74, 6) is 2.75. The molecule has 3 aromatic rings. The van der Waals surface area contributed by atoms with Crippen molar-refractivity contribution in [3.05, 3.63) is 41.4 Å². The molecule has 9 nitrogen and oxygen atoms in total. The fourth-order valence-corrected chi connectivity index (χ4v) is 4.64. The highest BCUT2D eigenvalue weighted by atomic mass is 35.5. The first-order chi connectivity index (χ1) is 17.0. The summed E-state index contributed by atoms with van der Waals surface area (Å²) < 4.78 is 1.57. The molecule has 0 radical (unpaired) electrons. The molecule has 0 bridgehead atoms. The third-order valence-electron chi connectivity index (χ3n) is 6.46. The molecule has 0 spiro atoms. The van der Waals surface area contributed by atoms with Crippen LogP contribution < -0.4 is 16.0 Å². The zero-order valence-corrected chi connectivity index (χ0v) is 19.9. The minimum Gasteiger partial charge on any atom is -0.379 e. The number of amides is 1. The number of pyridine rings is 1. The smallest absolute Gasteiger partial charge is 0.276 e. The Hall–Kier alpha value is -3.64. The highest BCUT2D eigenvalue weighted by Crippen LogP contribution is 2.31. The van der Waals surface area contributed by atoms with E-state index in [9.17, 15) is 9.59 Å². The van der Waals surface area contributed by atoms with Crippen LogP contribution in [-0.4, -0.2) is 43.4 Å². The number of hydrogen-bond acceptors (Lipinski definition) is 7. The van der Waals surface area contributed by atoms with Crippen molar-refractivity contribution >= 4 is 46.1 Å². The third kappa shape index (κ3) is 5.54. The molecule has 0 saturated heterocycles. The molecule has 5 rings (SSSR count). The van der Waals surface area contributed by atoms with Crippen LogP contribution in [0.3, 0.4) is 0 Å². The van der Waals surface area contributed by atoms with Gasteiger partial charge < -0.3 is 16.0 Å². The molecule has 2 aliphatic carbocycles. The van der Waals surface area contributed by atoms with Crippen molar-refractivity contribution in [2.75, 3.05) is 16.0 Å². The van der Waals surface area contributed by atoms with E-state index < -0.39 is 0 Å². The van der Waals surface area contributed by atoms with E-state index in [2.05, 4.69) is 31.8 Å². The molecule has 3 aromatic heterocycles. The Kier molecular flexibility index (Phi) is 6.55. The van der Waals surface area contributed by atoms with Gasteiger partial charge >= 0.3 is 0 Å². The maximum atomic E-state index is 13.0. The number of hydrogen-bond donors (Lipinski definition) is 3. The Balaban J connectivity index is 1.36. The lowest BCUT2D eigenvalue weighted by Gasteiger charge is -2.29. The zero-order valence-electron chi connectivity index (χ0n) is 19.1. The number of halogens is 1. The van der Waals surface area contributed by atoms with Crippen LogP contribution in [0, 0.1) is 18.3 Å². The highest BCUT2D eigenvalue weighted by Gasteiger charge is 2.26. The molecule has 35 heavy (non-hydrogen) atoms. The summed E-state index contributed by atoms with van der Waals surface area (Å²) in [5.41, 5.74) is 2.28. The van der Waals surface area contributed by atoms with Crippen molar-refractivity contribution in [1.29, 1.82) is 0 Å². The van der Waals surface area contributed by atoms with Crippen LogP contribution in [0.1, 0.15) is 55.4 Å². The van der Waals surface area contributed by atoms with Crippen molar-refractivity contribution in [3.8, 4) is 12.3 Å². The number of aromatic nitrogens is 4. The molecule has 0 unspecified atom stereocenters. The first-order valence-electron chi connectivity index (χ1n) is 11.8. The van der Waals surface area contributed by atoms with Crippen LogP contribution in [0.5, 0.6) is 0 Å². The number of terminal acetylenes is 1. The fraction of sp³-hybridized carbons (Fsp3) is 0.400. The number of anilines is 3. The molecule has 3 heterocycles. The average molecular weight is 492 g/mol. The van der Waals surface area contributed by atoms with Crippen molar-refractivity contribution in [2.24, 2.45) is 5.92 Å². The molecule has 10 heteroatoms. The molecular formula is C25H26ClN7O2.